The Kier molecular flexibility index (Phi) is 6.28. The monoisotopic (exact) mass is 386 g/mol. The van der Waals surface area contributed by atoms with Gasteiger partial charge < -0.3 is 19.9 Å². The Hall–Kier alpha value is -2.90. The molecule has 1 aromatic heterocycles. The molecule has 28 heavy (non-hydrogen) atoms. The fourth-order valence-electron chi connectivity index (χ4n) is 3.79. The van der Waals surface area contributed by atoms with E-state index >= 15 is 0 Å². The molecule has 0 spiro atoms. The van der Waals surface area contributed by atoms with E-state index in [1.54, 1.807) is 0 Å². The van der Waals surface area contributed by atoms with Crippen LogP contribution in [0.2, 0.25) is 0 Å². The molecule has 1 atom stereocenters. The van der Waals surface area contributed by atoms with Crippen molar-refractivity contribution in [3.63, 3.8) is 0 Å². The summed E-state index contributed by atoms with van der Waals surface area (Å²) in [6, 6.07) is 7.63. The van der Waals surface area contributed by atoms with Gasteiger partial charge in [-0.15, -0.1) is 0 Å². The summed E-state index contributed by atoms with van der Waals surface area (Å²) >= 11 is 0. The van der Waals surface area contributed by atoms with Crippen LogP contribution in [0.25, 0.3) is 11.0 Å². The van der Waals surface area contributed by atoms with Crippen LogP contribution in [0.3, 0.4) is 0 Å². The second-order valence-electron chi connectivity index (χ2n) is 7.21. The van der Waals surface area contributed by atoms with E-state index in [1.807, 2.05) is 29.2 Å². The number of carboxylic acid groups (broad SMARTS) is 1. The lowest BCUT2D eigenvalue weighted by Crippen LogP contribution is -2.43. The molecule has 1 fully saturated rings. The third-order valence-electron chi connectivity index (χ3n) is 5.22. The first-order valence-electron chi connectivity index (χ1n) is 9.64. The van der Waals surface area contributed by atoms with Gasteiger partial charge >= 0.3 is 5.97 Å². The number of nitrogens with one attached hydrogen (secondary N) is 1. The lowest BCUT2D eigenvalue weighted by atomic mass is 10.1. The number of para-hydroxylation sites is 2. The number of rotatable bonds is 6. The first kappa shape index (κ1) is 19.9. The second-order valence-corrected chi connectivity index (χ2v) is 7.21. The number of carbonyl (C=O) groups excluding carboxylic acids is 2. The van der Waals surface area contributed by atoms with Crippen molar-refractivity contribution < 1.29 is 19.5 Å². The molecule has 1 aliphatic heterocycles. The van der Waals surface area contributed by atoms with Crippen molar-refractivity contribution >= 4 is 28.8 Å². The Morgan fingerprint density at radius 2 is 2.04 bits per heavy atom. The molecule has 1 unspecified atom stereocenters. The lowest BCUT2D eigenvalue weighted by Gasteiger charge is -2.28. The number of nitrogens with zero attached hydrogens (tertiary/aromatic N) is 3. The van der Waals surface area contributed by atoms with Crippen LogP contribution in [0.4, 0.5) is 0 Å². The normalized spacial score (nSPS) is 17.3. The van der Waals surface area contributed by atoms with E-state index in [4.69, 9.17) is 5.11 Å². The van der Waals surface area contributed by atoms with Crippen molar-refractivity contribution in [1.29, 1.82) is 0 Å². The van der Waals surface area contributed by atoms with Crippen LogP contribution >= 0.6 is 0 Å². The molecular weight excluding hydrogens is 360 g/mol. The molecule has 150 valence electrons. The molecule has 8 nitrogen and oxygen atoms in total. The molecule has 0 saturated carbocycles. The third kappa shape index (κ3) is 4.88. The number of H-pyrrole nitrogens is 1. The number of fused-ring (bicyclic) bond motifs is 1. The molecule has 0 bridgehead atoms. The molecule has 2 amide bonds. The van der Waals surface area contributed by atoms with E-state index in [-0.39, 0.29) is 24.4 Å². The zero-order valence-electron chi connectivity index (χ0n) is 16.1. The fourth-order valence-corrected chi connectivity index (χ4v) is 3.79. The van der Waals surface area contributed by atoms with Gasteiger partial charge in [-0.25, -0.2) is 4.98 Å². The predicted octanol–water partition coefficient (Wildman–Crippen LogP) is 1.81. The molecule has 1 aliphatic rings. The summed E-state index contributed by atoms with van der Waals surface area (Å²) in [5, 5.41) is 9.04. The maximum Gasteiger partial charge on any atom is 0.323 e. The number of aryl methyl sites for hydroxylation is 1. The summed E-state index contributed by atoms with van der Waals surface area (Å²) in [5.41, 5.74) is 1.86. The summed E-state index contributed by atoms with van der Waals surface area (Å²) in [6.45, 7) is 2.27. The maximum absolute atomic E-state index is 12.6. The molecule has 2 aromatic rings. The van der Waals surface area contributed by atoms with E-state index in [0.717, 1.165) is 23.3 Å². The number of benzene rings is 1. The molecule has 2 N–H and O–H groups in total. The van der Waals surface area contributed by atoms with Gasteiger partial charge in [0.25, 0.3) is 0 Å². The Morgan fingerprint density at radius 1 is 1.25 bits per heavy atom. The van der Waals surface area contributed by atoms with Crippen LogP contribution in [0.5, 0.6) is 0 Å². The van der Waals surface area contributed by atoms with E-state index < -0.39 is 5.97 Å². The maximum atomic E-state index is 12.6. The summed E-state index contributed by atoms with van der Waals surface area (Å²) in [4.78, 5) is 46.5. The van der Waals surface area contributed by atoms with Crippen LogP contribution in [0.15, 0.2) is 24.3 Å². The highest BCUT2D eigenvalue weighted by atomic mass is 16.4. The number of imidazole rings is 1. The van der Waals surface area contributed by atoms with Gasteiger partial charge in [0.05, 0.1) is 11.0 Å². The minimum absolute atomic E-state index is 0.0636. The van der Waals surface area contributed by atoms with Crippen LogP contribution < -0.4 is 0 Å². The molecule has 1 saturated heterocycles. The molecule has 2 heterocycles. The number of carboxylic acids is 1. The first-order valence-corrected chi connectivity index (χ1v) is 9.64. The number of aliphatic carboxylic acids is 1. The minimum Gasteiger partial charge on any atom is -0.480 e. The van der Waals surface area contributed by atoms with E-state index in [9.17, 15) is 14.4 Å². The number of hydrogen-bond acceptors (Lipinski definition) is 4. The SMILES string of the molecule is CC(=O)N(CC(=O)O)C1CCCN(C(=O)CCc2nc3ccccc3[nH]2)CC1. The van der Waals surface area contributed by atoms with Crippen LogP contribution in [0, 0.1) is 0 Å². The van der Waals surface area contributed by atoms with E-state index in [1.165, 1.54) is 11.8 Å². The lowest BCUT2D eigenvalue weighted by molar-refractivity contribution is -0.145. The van der Waals surface area contributed by atoms with Gasteiger partial charge in [-0.05, 0) is 31.4 Å². The Labute approximate surface area is 163 Å². The molecule has 0 radical (unpaired) electrons. The summed E-state index contributed by atoms with van der Waals surface area (Å²) in [7, 11) is 0. The molecule has 1 aromatic carbocycles. The Morgan fingerprint density at radius 3 is 2.75 bits per heavy atom. The van der Waals surface area contributed by atoms with Gasteiger partial charge in [0, 0.05) is 38.9 Å². The largest absolute Gasteiger partial charge is 0.480 e. The predicted molar refractivity (Wildman–Crippen MR) is 104 cm³/mol. The highest BCUT2D eigenvalue weighted by molar-refractivity contribution is 5.80. The van der Waals surface area contributed by atoms with Crippen molar-refractivity contribution in [3.8, 4) is 0 Å². The van der Waals surface area contributed by atoms with Gasteiger partial charge in [0.1, 0.15) is 12.4 Å². The van der Waals surface area contributed by atoms with Gasteiger partial charge in [0.2, 0.25) is 11.8 Å². The van der Waals surface area contributed by atoms with E-state index in [2.05, 4.69) is 9.97 Å². The molecule has 3 rings (SSSR count). The van der Waals surface area contributed by atoms with Gasteiger partial charge in [-0.3, -0.25) is 14.4 Å². The number of carbonyl (C=O) groups is 3. The average Bonchev–Trinajstić information content (AvgIpc) is 2.92. The third-order valence-corrected chi connectivity index (χ3v) is 5.22. The first-order chi connectivity index (χ1) is 13.4. The fraction of sp³-hybridized carbons (Fsp3) is 0.500. The summed E-state index contributed by atoms with van der Waals surface area (Å²) < 4.78 is 0. The van der Waals surface area contributed by atoms with Crippen molar-refractivity contribution in [2.45, 2.75) is 45.1 Å². The number of likely N-dealkylation sites (tertiary alicyclic amines) is 1. The van der Waals surface area contributed by atoms with Crippen LogP contribution in [-0.2, 0) is 20.8 Å². The Bertz CT molecular complexity index is 830. The topological polar surface area (TPSA) is 107 Å². The summed E-state index contributed by atoms with van der Waals surface area (Å²) in [5.74, 6) is -0.393. The molecule has 8 heteroatoms. The average molecular weight is 386 g/mol. The highest BCUT2D eigenvalue weighted by Gasteiger charge is 2.27. The number of hydrogen-bond donors (Lipinski definition) is 2. The quantitative estimate of drug-likeness (QED) is 0.787. The van der Waals surface area contributed by atoms with Crippen molar-refractivity contribution in [3.05, 3.63) is 30.1 Å². The highest BCUT2D eigenvalue weighted by Crippen LogP contribution is 2.18. The standard InChI is InChI=1S/C20H26N4O4/c1-14(25)24(13-20(27)28)15-5-4-11-23(12-10-15)19(26)9-8-18-21-16-6-2-3-7-17(16)22-18/h2-3,6-7,15H,4-5,8-13H2,1H3,(H,21,22)(H,27,28). The van der Waals surface area contributed by atoms with Crippen LogP contribution in [0.1, 0.15) is 38.4 Å². The number of amides is 2. The van der Waals surface area contributed by atoms with Gasteiger partial charge in [-0.2, -0.15) is 0 Å². The van der Waals surface area contributed by atoms with Crippen molar-refractivity contribution in [2.75, 3.05) is 19.6 Å². The number of aromatic amines is 1. The molecular formula is C20H26N4O4. The second kappa shape index (κ2) is 8.86. The Balaban J connectivity index is 1.54. The molecule has 0 aliphatic carbocycles. The zero-order valence-corrected chi connectivity index (χ0v) is 16.1. The van der Waals surface area contributed by atoms with Crippen LogP contribution in [-0.4, -0.2) is 68.3 Å². The minimum atomic E-state index is -1.02. The smallest absolute Gasteiger partial charge is 0.323 e. The summed E-state index contributed by atoms with van der Waals surface area (Å²) in [6.07, 6.45) is 2.98. The zero-order chi connectivity index (χ0) is 20.1. The van der Waals surface area contributed by atoms with E-state index in [0.29, 0.717) is 38.8 Å². The van der Waals surface area contributed by atoms with Gasteiger partial charge in [0.15, 0.2) is 0 Å². The number of aromatic nitrogens is 2. The van der Waals surface area contributed by atoms with Gasteiger partial charge in [-0.1, -0.05) is 12.1 Å². The van der Waals surface area contributed by atoms with Crippen molar-refractivity contribution in [2.24, 2.45) is 0 Å². The van der Waals surface area contributed by atoms with Crippen molar-refractivity contribution in [1.82, 2.24) is 19.8 Å².